The Hall–Kier alpha value is -1.90. The average molecular weight is 239 g/mol. The Balaban J connectivity index is 1.94. The van der Waals surface area contributed by atoms with Gasteiger partial charge in [-0.2, -0.15) is 0 Å². The van der Waals surface area contributed by atoms with E-state index in [1.807, 2.05) is 13.1 Å². The molecule has 3 heteroatoms. The zero-order valence-electron chi connectivity index (χ0n) is 10.8. The summed E-state index contributed by atoms with van der Waals surface area (Å²) in [6, 6.07) is 8.67. The smallest absolute Gasteiger partial charge is 0.135 e. The van der Waals surface area contributed by atoms with E-state index in [1.165, 1.54) is 11.1 Å². The number of nitrogens with zero attached hydrogens (tertiary/aromatic N) is 3. The monoisotopic (exact) mass is 239 g/mol. The van der Waals surface area contributed by atoms with Crippen LogP contribution < -0.4 is 4.90 Å². The summed E-state index contributed by atoms with van der Waals surface area (Å²) in [4.78, 5) is 11.2. The lowest BCUT2D eigenvalue weighted by Crippen LogP contribution is -2.31. The van der Waals surface area contributed by atoms with Crippen LogP contribution in [0.5, 0.6) is 0 Å². The van der Waals surface area contributed by atoms with E-state index in [2.05, 4.69) is 46.1 Å². The average Bonchev–Trinajstić information content (AvgIpc) is 2.41. The highest BCUT2D eigenvalue weighted by atomic mass is 15.2. The Labute approximate surface area is 108 Å². The number of hydrogen-bond donors (Lipinski definition) is 0. The molecule has 0 spiro atoms. The fourth-order valence-corrected chi connectivity index (χ4v) is 2.51. The standard InChI is InChI=1S/C15H17N3/c1-11-9-16-12(2)17-15(11)18-8-7-13-5-3-4-6-14(13)10-18/h3-6,9H,7-8,10H2,1-2H3. The van der Waals surface area contributed by atoms with Crippen molar-refractivity contribution < 1.29 is 0 Å². The van der Waals surface area contributed by atoms with Crippen LogP contribution in [0.25, 0.3) is 0 Å². The van der Waals surface area contributed by atoms with Gasteiger partial charge in [0.25, 0.3) is 0 Å². The highest BCUT2D eigenvalue weighted by molar-refractivity contribution is 5.48. The maximum Gasteiger partial charge on any atom is 0.135 e. The number of rotatable bonds is 1. The molecular weight excluding hydrogens is 222 g/mol. The summed E-state index contributed by atoms with van der Waals surface area (Å²) in [7, 11) is 0. The molecule has 2 heterocycles. The van der Waals surface area contributed by atoms with Crippen molar-refractivity contribution in [2.24, 2.45) is 0 Å². The van der Waals surface area contributed by atoms with Crippen molar-refractivity contribution in [2.45, 2.75) is 26.8 Å². The highest BCUT2D eigenvalue weighted by Gasteiger charge is 2.18. The predicted octanol–water partition coefficient (Wildman–Crippen LogP) is 2.66. The van der Waals surface area contributed by atoms with Crippen molar-refractivity contribution >= 4 is 5.82 Å². The Kier molecular flexibility index (Phi) is 2.74. The maximum atomic E-state index is 4.58. The molecule has 0 radical (unpaired) electrons. The van der Waals surface area contributed by atoms with Crippen molar-refractivity contribution in [1.82, 2.24) is 9.97 Å². The molecule has 0 saturated heterocycles. The van der Waals surface area contributed by atoms with Gasteiger partial charge in [0, 0.05) is 24.8 Å². The van der Waals surface area contributed by atoms with Gasteiger partial charge in [0.2, 0.25) is 0 Å². The van der Waals surface area contributed by atoms with Gasteiger partial charge in [0.1, 0.15) is 11.6 Å². The van der Waals surface area contributed by atoms with Gasteiger partial charge >= 0.3 is 0 Å². The quantitative estimate of drug-likeness (QED) is 0.766. The van der Waals surface area contributed by atoms with Gasteiger partial charge < -0.3 is 4.90 Å². The topological polar surface area (TPSA) is 29.0 Å². The summed E-state index contributed by atoms with van der Waals surface area (Å²) >= 11 is 0. The van der Waals surface area contributed by atoms with Crippen molar-refractivity contribution in [2.75, 3.05) is 11.4 Å². The number of benzene rings is 1. The van der Waals surface area contributed by atoms with E-state index in [9.17, 15) is 0 Å². The van der Waals surface area contributed by atoms with Crippen LogP contribution in [0.4, 0.5) is 5.82 Å². The molecule has 2 aromatic rings. The molecule has 0 saturated carbocycles. The first-order chi connectivity index (χ1) is 8.74. The van der Waals surface area contributed by atoms with Gasteiger partial charge in [-0.3, -0.25) is 0 Å². The number of hydrogen-bond acceptors (Lipinski definition) is 3. The molecule has 1 aliphatic heterocycles. The van der Waals surface area contributed by atoms with Gasteiger partial charge in [0.15, 0.2) is 0 Å². The molecule has 18 heavy (non-hydrogen) atoms. The zero-order valence-corrected chi connectivity index (χ0v) is 10.8. The second kappa shape index (κ2) is 4.41. The second-order valence-corrected chi connectivity index (χ2v) is 4.86. The SMILES string of the molecule is Cc1ncc(C)c(N2CCc3ccccc3C2)n1. The molecule has 0 aliphatic carbocycles. The van der Waals surface area contributed by atoms with Crippen molar-refractivity contribution in [1.29, 1.82) is 0 Å². The highest BCUT2D eigenvalue weighted by Crippen LogP contribution is 2.24. The fourth-order valence-electron chi connectivity index (χ4n) is 2.51. The predicted molar refractivity (Wildman–Crippen MR) is 72.7 cm³/mol. The molecule has 0 atom stereocenters. The van der Waals surface area contributed by atoms with Gasteiger partial charge in [-0.1, -0.05) is 24.3 Å². The number of anilines is 1. The van der Waals surface area contributed by atoms with Crippen LogP contribution in [0.2, 0.25) is 0 Å². The number of aromatic nitrogens is 2. The van der Waals surface area contributed by atoms with Crippen LogP contribution in [0.15, 0.2) is 30.5 Å². The fraction of sp³-hybridized carbons (Fsp3) is 0.333. The Bertz CT molecular complexity index is 578. The lowest BCUT2D eigenvalue weighted by Gasteiger charge is -2.30. The van der Waals surface area contributed by atoms with E-state index >= 15 is 0 Å². The van der Waals surface area contributed by atoms with E-state index < -0.39 is 0 Å². The van der Waals surface area contributed by atoms with E-state index in [0.29, 0.717) is 0 Å². The van der Waals surface area contributed by atoms with Gasteiger partial charge in [0.05, 0.1) is 0 Å². The summed E-state index contributed by atoms with van der Waals surface area (Å²) in [6.45, 7) is 6.01. The minimum absolute atomic E-state index is 0.842. The van der Waals surface area contributed by atoms with Gasteiger partial charge in [-0.15, -0.1) is 0 Å². The third-order valence-electron chi connectivity index (χ3n) is 3.50. The summed E-state index contributed by atoms with van der Waals surface area (Å²) in [5.74, 6) is 1.92. The summed E-state index contributed by atoms with van der Waals surface area (Å²) < 4.78 is 0. The normalized spacial score (nSPS) is 14.4. The molecule has 1 aromatic carbocycles. The molecule has 0 unspecified atom stereocenters. The molecule has 0 bridgehead atoms. The lowest BCUT2D eigenvalue weighted by molar-refractivity contribution is 0.713. The maximum absolute atomic E-state index is 4.58. The number of aryl methyl sites for hydroxylation is 2. The lowest BCUT2D eigenvalue weighted by atomic mass is 10.00. The molecule has 1 aliphatic rings. The van der Waals surface area contributed by atoms with Crippen LogP contribution in [0.3, 0.4) is 0 Å². The summed E-state index contributed by atoms with van der Waals surface area (Å²) in [5, 5.41) is 0. The van der Waals surface area contributed by atoms with Crippen LogP contribution in [0, 0.1) is 13.8 Å². The van der Waals surface area contributed by atoms with Crippen LogP contribution in [0.1, 0.15) is 22.5 Å². The van der Waals surface area contributed by atoms with E-state index in [0.717, 1.165) is 36.7 Å². The molecule has 1 aromatic heterocycles. The molecule has 92 valence electrons. The largest absolute Gasteiger partial charge is 0.352 e. The van der Waals surface area contributed by atoms with E-state index in [1.54, 1.807) is 0 Å². The molecule has 0 N–H and O–H groups in total. The first kappa shape index (κ1) is 11.2. The summed E-state index contributed by atoms with van der Waals surface area (Å²) in [6.07, 6.45) is 3.01. The first-order valence-corrected chi connectivity index (χ1v) is 6.36. The van der Waals surface area contributed by atoms with Crippen molar-refractivity contribution in [3.05, 3.63) is 53.0 Å². The first-order valence-electron chi connectivity index (χ1n) is 6.36. The van der Waals surface area contributed by atoms with Crippen LogP contribution in [-0.2, 0) is 13.0 Å². The third-order valence-corrected chi connectivity index (χ3v) is 3.50. The minimum atomic E-state index is 0.842. The molecule has 0 fully saturated rings. The molecule has 3 nitrogen and oxygen atoms in total. The zero-order chi connectivity index (χ0) is 12.5. The molecule has 3 rings (SSSR count). The van der Waals surface area contributed by atoms with Crippen molar-refractivity contribution in [3.8, 4) is 0 Å². The molecule has 0 amide bonds. The second-order valence-electron chi connectivity index (χ2n) is 4.86. The third kappa shape index (κ3) is 1.96. The molecular formula is C15H17N3. The number of fused-ring (bicyclic) bond motifs is 1. The van der Waals surface area contributed by atoms with Gasteiger partial charge in [-0.25, -0.2) is 9.97 Å². The Morgan fingerprint density at radius 3 is 2.72 bits per heavy atom. The van der Waals surface area contributed by atoms with E-state index in [-0.39, 0.29) is 0 Å². The van der Waals surface area contributed by atoms with Gasteiger partial charge in [-0.05, 0) is 31.4 Å². The summed E-state index contributed by atoms with van der Waals surface area (Å²) in [5.41, 5.74) is 4.04. The Morgan fingerprint density at radius 2 is 1.89 bits per heavy atom. The van der Waals surface area contributed by atoms with Crippen LogP contribution >= 0.6 is 0 Å². The minimum Gasteiger partial charge on any atom is -0.352 e. The van der Waals surface area contributed by atoms with Crippen LogP contribution in [-0.4, -0.2) is 16.5 Å². The Morgan fingerprint density at radius 1 is 1.11 bits per heavy atom. The van der Waals surface area contributed by atoms with Crippen molar-refractivity contribution in [3.63, 3.8) is 0 Å². The van der Waals surface area contributed by atoms with E-state index in [4.69, 9.17) is 0 Å².